The van der Waals surface area contributed by atoms with Gasteiger partial charge in [0.15, 0.2) is 0 Å². The van der Waals surface area contributed by atoms with Crippen LogP contribution >= 0.6 is 15.6 Å². The summed E-state index contributed by atoms with van der Waals surface area (Å²) in [5.41, 5.74) is 0. The Hall–Kier alpha value is -2.70. The first-order chi connectivity index (χ1) is 55.2. The minimum Gasteiger partial charge on any atom is -0.756 e. The zero-order valence-electron chi connectivity index (χ0n) is 73.9. The van der Waals surface area contributed by atoms with Crippen LogP contribution in [0.5, 0.6) is 0 Å². The van der Waals surface area contributed by atoms with Gasteiger partial charge < -0.3 is 68.1 Å². The number of phosphoric acid groups is 2. The first-order valence-corrected chi connectivity index (χ1v) is 49.0. The van der Waals surface area contributed by atoms with Crippen molar-refractivity contribution in [1.29, 1.82) is 0 Å². The van der Waals surface area contributed by atoms with Crippen LogP contribution in [0.2, 0.25) is 0 Å². The van der Waals surface area contributed by atoms with Crippen LogP contribution in [0.15, 0.2) is 0 Å². The molecule has 0 saturated heterocycles. The molecule has 6 atom stereocenters. The molecule has 0 radical (unpaired) electrons. The van der Waals surface area contributed by atoms with Crippen LogP contribution < -0.4 is 60.6 Å². The van der Waals surface area contributed by atoms with E-state index in [4.69, 9.17) is 37.0 Å². The predicted octanol–water partition coefficient (Wildman–Crippen LogP) is 16.7. The molecule has 0 rings (SSSR count). The van der Waals surface area contributed by atoms with E-state index in [-0.39, 0.29) is 156 Å². The smallest absolute Gasteiger partial charge is 0.756 e. The van der Waals surface area contributed by atoms with Crippen molar-refractivity contribution in [2.45, 2.75) is 451 Å². The Bertz CT molecular complexity index is 2290. The van der Waals surface area contributed by atoms with E-state index in [1.165, 1.54) is 141 Å². The zero-order chi connectivity index (χ0) is 83.9. The number of ether oxygens (including phenoxy) is 4. The van der Waals surface area contributed by atoms with Crippen molar-refractivity contribution in [2.24, 2.45) is 0 Å². The maximum Gasteiger partial charge on any atom is 1.00 e. The van der Waals surface area contributed by atoms with Crippen LogP contribution in [-0.4, -0.2) is 137 Å². The number of hydrogen-bond donors (Lipinski definition) is 4. The number of nitrogens with one attached hydrogen (secondary N) is 4. The molecule has 24 nitrogen and oxygen atoms in total. The van der Waals surface area contributed by atoms with Crippen LogP contribution in [0.1, 0.15) is 427 Å². The second kappa shape index (κ2) is 83.6. The number of unbranched alkanes of at least 4 members (excludes halogenated alkanes) is 41. The second-order valence-corrected chi connectivity index (χ2v) is 34.5. The van der Waals surface area contributed by atoms with Crippen LogP contribution in [0.25, 0.3) is 0 Å². The number of Topliss-reactive ketones (excluding diaryl/α,β-unsaturated/α-hetero) is 2. The van der Waals surface area contributed by atoms with Crippen LogP contribution in [0.3, 0.4) is 0 Å². The number of carbonyl (C=O) groups is 8. The Morgan fingerprint density at radius 3 is 0.826 bits per heavy atom. The van der Waals surface area contributed by atoms with Crippen LogP contribution in [0.4, 0.5) is 0 Å². The fourth-order valence-corrected chi connectivity index (χ4v) is 15.0. The molecule has 6 unspecified atom stereocenters. The SMILES string of the molecule is CCCCCCCCCCCC(=O)CC(=O)NC(COCCC(CCCCCCC)OC(=O)CCCCCCCCCCC)COP(=O)([O-])OCCNC(=O)CCCCC(=O)NCCOP(=O)([O-])OCC(COCCC(CCCCCCC)OC(=O)CCCCCCCCCCC)NC(=O)CC(=O)CCCCCCCCCCC.[Na+]. The predicted molar refractivity (Wildman–Crippen MR) is 451 cm³/mol. The molecule has 0 bridgehead atoms. The van der Waals surface area contributed by atoms with Gasteiger partial charge in [0, 0.05) is 64.5 Å². The maximum absolute atomic E-state index is 13.2. The number of ketones is 2. The third-order valence-corrected chi connectivity index (χ3v) is 22.4. The molecule has 27 heteroatoms. The summed E-state index contributed by atoms with van der Waals surface area (Å²) in [4.78, 5) is 130. The van der Waals surface area contributed by atoms with Crippen molar-refractivity contribution in [3.63, 3.8) is 0 Å². The second-order valence-electron chi connectivity index (χ2n) is 31.7. The van der Waals surface area contributed by atoms with Gasteiger partial charge in [0.05, 0.1) is 77.8 Å². The van der Waals surface area contributed by atoms with E-state index in [0.717, 1.165) is 141 Å². The van der Waals surface area contributed by atoms with E-state index in [1.54, 1.807) is 0 Å². The van der Waals surface area contributed by atoms with Gasteiger partial charge in [0.2, 0.25) is 23.6 Å². The van der Waals surface area contributed by atoms with Crippen LogP contribution in [-0.2, 0) is 84.5 Å². The van der Waals surface area contributed by atoms with Gasteiger partial charge in [-0.3, -0.25) is 47.5 Å². The van der Waals surface area contributed by atoms with Gasteiger partial charge in [-0.1, -0.05) is 298 Å². The van der Waals surface area contributed by atoms with Gasteiger partial charge in [-0.15, -0.1) is 0 Å². The van der Waals surface area contributed by atoms with E-state index in [1.807, 2.05) is 0 Å². The third kappa shape index (κ3) is 80.8. The fourth-order valence-electron chi connectivity index (χ4n) is 13.5. The van der Waals surface area contributed by atoms with Gasteiger partial charge in [-0.05, 0) is 64.2 Å². The molecule has 0 aromatic carbocycles. The summed E-state index contributed by atoms with van der Waals surface area (Å²) >= 11 is 0. The van der Waals surface area contributed by atoms with Crippen molar-refractivity contribution in [3.05, 3.63) is 0 Å². The van der Waals surface area contributed by atoms with Gasteiger partial charge >= 0.3 is 41.5 Å². The number of amides is 4. The molecule has 4 amide bonds. The maximum atomic E-state index is 13.2. The molecular weight excluding hydrogens is 1520 g/mol. The normalized spacial score (nSPS) is 13.5. The molecule has 0 aliphatic carbocycles. The molecule has 0 saturated carbocycles. The molecule has 0 aromatic heterocycles. The minimum atomic E-state index is -4.99. The van der Waals surface area contributed by atoms with Crippen LogP contribution in [0, 0.1) is 0 Å². The van der Waals surface area contributed by atoms with Gasteiger partial charge in [0.25, 0.3) is 15.6 Å². The Morgan fingerprint density at radius 1 is 0.287 bits per heavy atom. The average molecular weight is 1690 g/mol. The summed E-state index contributed by atoms with van der Waals surface area (Å²) in [5, 5.41) is 10.6. The zero-order valence-corrected chi connectivity index (χ0v) is 77.7. The van der Waals surface area contributed by atoms with Gasteiger partial charge in [0.1, 0.15) is 23.8 Å². The molecule has 0 fully saturated rings. The number of phosphoric ester groups is 2. The Morgan fingerprint density at radius 2 is 0.539 bits per heavy atom. The quantitative estimate of drug-likeness (QED) is 0.0144. The van der Waals surface area contributed by atoms with E-state index in [2.05, 4.69) is 62.8 Å². The van der Waals surface area contributed by atoms with E-state index in [9.17, 15) is 57.3 Å². The van der Waals surface area contributed by atoms with Gasteiger partial charge in [-0.2, -0.15) is 0 Å². The first-order valence-electron chi connectivity index (χ1n) is 46.1. The van der Waals surface area contributed by atoms with E-state index < -0.39 is 77.8 Å². The Labute approximate surface area is 720 Å². The molecule has 4 N–H and O–H groups in total. The first kappa shape index (κ1) is 114. The van der Waals surface area contributed by atoms with Gasteiger partial charge in [-0.25, -0.2) is 0 Å². The summed E-state index contributed by atoms with van der Waals surface area (Å²) in [6.07, 6.45) is 52.8. The van der Waals surface area contributed by atoms with E-state index in [0.29, 0.717) is 51.4 Å². The molecule has 670 valence electrons. The molecular formula is C88H166N4NaO20P2-. The van der Waals surface area contributed by atoms with Crippen molar-refractivity contribution in [2.75, 3.05) is 65.9 Å². The fraction of sp³-hybridized carbons (Fsp3) is 0.909. The minimum absolute atomic E-state index is 0. The number of rotatable bonds is 89. The number of hydrogen-bond acceptors (Lipinski definition) is 20. The number of esters is 2. The van der Waals surface area contributed by atoms with Crippen molar-refractivity contribution < 1.29 is 124 Å². The summed E-state index contributed by atoms with van der Waals surface area (Å²) in [6.45, 7) is 10.6. The molecule has 0 spiro atoms. The molecule has 0 aliphatic rings. The van der Waals surface area contributed by atoms with Crippen molar-refractivity contribution in [3.8, 4) is 0 Å². The Kier molecular flexibility index (Phi) is 83.1. The average Bonchev–Trinajstić information content (AvgIpc) is 0.912. The van der Waals surface area contributed by atoms with Crippen molar-refractivity contribution >= 4 is 62.8 Å². The number of carbonyl (C=O) groups excluding carboxylic acids is 8. The third-order valence-electron chi connectivity index (χ3n) is 20.5. The molecule has 0 aliphatic heterocycles. The molecule has 0 aromatic rings. The summed E-state index contributed by atoms with van der Waals surface area (Å²) < 4.78 is 70.5. The summed E-state index contributed by atoms with van der Waals surface area (Å²) in [7, 11) is -9.99. The molecule has 115 heavy (non-hydrogen) atoms. The summed E-state index contributed by atoms with van der Waals surface area (Å²) in [5.74, 6) is -2.98. The summed E-state index contributed by atoms with van der Waals surface area (Å²) in [6, 6.07) is -1.99. The standard InChI is InChI=1S/C88H168N4O20P2.Na/c1-7-13-19-25-29-33-37-43-47-55-79(93)71-85(97)91-77(73-105-67-63-81(57-49-41-23-17-11-5)111-87(99)61-51-45-39-35-31-27-21-15-9-3)75-109-113(101,102)107-69-65-89-83(95)59-53-54-60-84(96)90-66-70-108-114(103,104)110-76-78(92-86(98)72-80(94)56-48-44-38-34-30-26-20-14-8-2)74-106-68-64-82(58-50-42-24-18-12-6)112-88(100)62-52-46-40-36-32-28-22-16-10-4;/h77-78,81-82H,7-76H2,1-6H3,(H,89,95)(H,90,96)(H,91,97)(H,92,98)(H,101,102)(H,103,104);/q;+1/p-2. The van der Waals surface area contributed by atoms with Crippen molar-refractivity contribution in [1.82, 2.24) is 21.3 Å². The molecule has 0 heterocycles. The van der Waals surface area contributed by atoms with E-state index >= 15 is 0 Å². The Balaban J connectivity index is 0. The topological polar surface area (TPSA) is 339 Å². The monoisotopic (exact) mass is 1680 g/mol. The largest absolute Gasteiger partial charge is 1.00 e.